The lowest BCUT2D eigenvalue weighted by molar-refractivity contribution is -0.141. The van der Waals surface area contributed by atoms with Crippen LogP contribution in [0, 0.1) is 0 Å². The predicted octanol–water partition coefficient (Wildman–Crippen LogP) is 0.539. The van der Waals surface area contributed by atoms with Crippen LogP contribution in [0.25, 0.3) is 0 Å². The van der Waals surface area contributed by atoms with Crippen molar-refractivity contribution in [1.29, 1.82) is 0 Å². The first kappa shape index (κ1) is 24.2. The molecule has 3 N–H and O–H groups in total. The Morgan fingerprint density at radius 1 is 1.24 bits per heavy atom. The van der Waals surface area contributed by atoms with E-state index in [0.29, 0.717) is 4.57 Å². The maximum Gasteiger partial charge on any atom is 0.459 e. The maximum absolute atomic E-state index is 14.7. The number of esters is 1. The van der Waals surface area contributed by atoms with Crippen LogP contribution in [-0.2, 0) is 23.4 Å². The van der Waals surface area contributed by atoms with Gasteiger partial charge < -0.3 is 19.1 Å². The molecule has 0 radical (unpaired) electrons. The van der Waals surface area contributed by atoms with Gasteiger partial charge in [-0.05, 0) is 12.1 Å². The Labute approximate surface area is 190 Å². The largest absolute Gasteiger partial charge is 0.464 e. The third kappa shape index (κ3) is 4.95. The zero-order chi connectivity index (χ0) is 24.5. The third-order valence-electron chi connectivity index (χ3n) is 5.11. The lowest BCUT2D eigenvalue weighted by Crippen LogP contribution is -2.42. The molecule has 2 aromatic rings. The summed E-state index contributed by atoms with van der Waals surface area (Å²) >= 11 is 0. The van der Waals surface area contributed by atoms with Crippen LogP contribution in [0.15, 0.2) is 52.2 Å². The molecule has 0 bridgehead atoms. The van der Waals surface area contributed by atoms with E-state index < -0.39 is 62.0 Å². The molecule has 2 fully saturated rings. The number of aliphatic hydroxyl groups is 1. The van der Waals surface area contributed by atoms with Gasteiger partial charge in [0.2, 0.25) is 6.23 Å². The lowest BCUT2D eigenvalue weighted by atomic mass is 10.1. The number of nitrogens with one attached hydrogen (secondary N) is 2. The molecule has 2 aliphatic heterocycles. The van der Waals surface area contributed by atoms with Gasteiger partial charge >= 0.3 is 25.3 Å². The highest BCUT2D eigenvalue weighted by Gasteiger charge is 2.60. The normalized spacial score (nSPS) is 27.8. The molecule has 0 spiro atoms. The van der Waals surface area contributed by atoms with E-state index in [0.717, 1.165) is 12.3 Å². The SMILES string of the molecule is O=C1OCC[C@@H]1N[P@](=O)(OC[C@H]1O[C@@H](n2ccc(=O)[nH]c2=O)C(F)(F)[C@@H]1O)Oc1ccccc1. The van der Waals surface area contributed by atoms with Crippen molar-refractivity contribution in [3.05, 3.63) is 63.4 Å². The molecule has 3 heterocycles. The number of halogens is 2. The number of carbonyl (C=O) groups is 1. The average Bonchev–Trinajstić information content (AvgIpc) is 3.28. The molecule has 2 saturated heterocycles. The molecule has 0 saturated carbocycles. The Kier molecular flexibility index (Phi) is 6.69. The number of carbonyl (C=O) groups excluding carboxylic acids is 1. The van der Waals surface area contributed by atoms with Crippen molar-refractivity contribution in [2.75, 3.05) is 13.2 Å². The third-order valence-corrected chi connectivity index (χ3v) is 6.68. The van der Waals surface area contributed by atoms with Crippen molar-refractivity contribution >= 4 is 13.7 Å². The van der Waals surface area contributed by atoms with Gasteiger partial charge in [0.15, 0.2) is 6.10 Å². The molecule has 0 amide bonds. The standard InChI is InChI=1S/C19H20F2N3O9P/c20-19(21)15(26)13(32-17(19)24-8-6-14(25)22-18(24)28)10-31-34(29,23-12-7-9-30-16(12)27)33-11-4-2-1-3-5-11/h1-6,8,12-13,15,17,26H,7,9-10H2,(H,23,29)(H,22,25,28)/t12-,13+,15+,17+,34-/m0/s1. The fraction of sp³-hybridized carbons (Fsp3) is 0.421. The zero-order valence-corrected chi connectivity index (χ0v) is 18.2. The van der Waals surface area contributed by atoms with Crippen LogP contribution >= 0.6 is 7.75 Å². The predicted molar refractivity (Wildman–Crippen MR) is 109 cm³/mol. The molecular formula is C19H20F2N3O9P. The van der Waals surface area contributed by atoms with Crippen LogP contribution in [0.5, 0.6) is 5.75 Å². The maximum atomic E-state index is 14.7. The van der Waals surface area contributed by atoms with Crippen molar-refractivity contribution < 1.29 is 41.8 Å². The summed E-state index contributed by atoms with van der Waals surface area (Å²) in [5.74, 6) is -4.56. The summed E-state index contributed by atoms with van der Waals surface area (Å²) in [6.07, 6.45) is -5.51. The quantitative estimate of drug-likeness (QED) is 0.343. The zero-order valence-electron chi connectivity index (χ0n) is 17.3. The summed E-state index contributed by atoms with van der Waals surface area (Å²) in [4.78, 5) is 36.8. The Hall–Kier alpha value is -2.90. The van der Waals surface area contributed by atoms with Crippen LogP contribution in [-0.4, -0.2) is 58.0 Å². The second-order valence-corrected chi connectivity index (χ2v) is 9.19. The highest BCUT2D eigenvalue weighted by Crippen LogP contribution is 2.48. The van der Waals surface area contributed by atoms with Crippen LogP contribution in [0.2, 0.25) is 0 Å². The topological polar surface area (TPSA) is 158 Å². The number of alkyl halides is 2. The van der Waals surface area contributed by atoms with Crippen molar-refractivity contribution in [2.24, 2.45) is 0 Å². The summed E-state index contributed by atoms with van der Waals surface area (Å²) in [5.41, 5.74) is -1.98. The fourth-order valence-corrected chi connectivity index (χ4v) is 4.94. The molecular weight excluding hydrogens is 483 g/mol. The van der Waals surface area contributed by atoms with Gasteiger partial charge in [0.25, 0.3) is 5.56 Å². The van der Waals surface area contributed by atoms with E-state index in [1.807, 2.05) is 4.98 Å². The van der Waals surface area contributed by atoms with Gasteiger partial charge in [0.05, 0.1) is 13.2 Å². The number of H-pyrrole nitrogens is 1. The van der Waals surface area contributed by atoms with Gasteiger partial charge in [-0.3, -0.25) is 23.7 Å². The Morgan fingerprint density at radius 3 is 2.62 bits per heavy atom. The van der Waals surface area contributed by atoms with Gasteiger partial charge in [0.1, 0.15) is 17.9 Å². The first-order chi connectivity index (χ1) is 16.1. The molecule has 1 aromatic carbocycles. The summed E-state index contributed by atoms with van der Waals surface area (Å²) < 4.78 is 63.8. The number of hydrogen-bond acceptors (Lipinski definition) is 9. The minimum Gasteiger partial charge on any atom is -0.464 e. The molecule has 2 aliphatic rings. The van der Waals surface area contributed by atoms with Gasteiger partial charge in [-0.25, -0.2) is 9.36 Å². The summed E-state index contributed by atoms with van der Waals surface area (Å²) in [6, 6.07) is 7.56. The van der Waals surface area contributed by atoms with Crippen molar-refractivity contribution in [3.63, 3.8) is 0 Å². The monoisotopic (exact) mass is 503 g/mol. The molecule has 12 nitrogen and oxygen atoms in total. The molecule has 184 valence electrons. The first-order valence-corrected chi connectivity index (χ1v) is 11.6. The number of hydrogen-bond donors (Lipinski definition) is 3. The summed E-state index contributed by atoms with van der Waals surface area (Å²) in [7, 11) is -4.36. The number of aliphatic hydroxyl groups excluding tert-OH is 1. The van der Waals surface area contributed by atoms with E-state index in [1.165, 1.54) is 12.1 Å². The van der Waals surface area contributed by atoms with Crippen molar-refractivity contribution in [2.45, 2.75) is 36.8 Å². The smallest absolute Gasteiger partial charge is 0.459 e. The highest BCUT2D eigenvalue weighted by molar-refractivity contribution is 7.52. The second-order valence-electron chi connectivity index (χ2n) is 7.50. The van der Waals surface area contributed by atoms with E-state index in [-0.39, 0.29) is 18.8 Å². The first-order valence-electron chi connectivity index (χ1n) is 10.1. The van der Waals surface area contributed by atoms with E-state index in [1.54, 1.807) is 18.2 Å². The van der Waals surface area contributed by atoms with Gasteiger partial charge in [-0.2, -0.15) is 13.9 Å². The number of aromatic amines is 1. The van der Waals surface area contributed by atoms with Crippen LogP contribution in [0.4, 0.5) is 8.78 Å². The number of benzene rings is 1. The highest BCUT2D eigenvalue weighted by atomic mass is 31.2. The van der Waals surface area contributed by atoms with Crippen LogP contribution in [0.1, 0.15) is 12.6 Å². The second kappa shape index (κ2) is 9.39. The number of nitrogens with zero attached hydrogens (tertiary/aromatic N) is 1. The molecule has 15 heteroatoms. The number of rotatable bonds is 8. The molecule has 4 rings (SSSR count). The average molecular weight is 503 g/mol. The molecule has 5 atom stereocenters. The lowest BCUT2D eigenvalue weighted by Gasteiger charge is -2.23. The molecule has 0 aliphatic carbocycles. The van der Waals surface area contributed by atoms with Crippen molar-refractivity contribution in [1.82, 2.24) is 14.6 Å². The van der Waals surface area contributed by atoms with E-state index in [2.05, 4.69) is 5.09 Å². The Bertz CT molecular complexity index is 1210. The number of para-hydroxylation sites is 1. The van der Waals surface area contributed by atoms with Crippen LogP contribution in [0.3, 0.4) is 0 Å². The molecule has 34 heavy (non-hydrogen) atoms. The van der Waals surface area contributed by atoms with E-state index >= 15 is 0 Å². The molecule has 0 unspecified atom stereocenters. The number of cyclic esters (lactones) is 1. The Balaban J connectivity index is 1.53. The summed E-state index contributed by atoms with van der Waals surface area (Å²) in [5, 5.41) is 12.6. The van der Waals surface area contributed by atoms with Crippen LogP contribution < -0.4 is 20.9 Å². The number of ether oxygens (including phenoxy) is 2. The minimum absolute atomic E-state index is 0.0775. The Morgan fingerprint density at radius 2 is 1.97 bits per heavy atom. The summed E-state index contributed by atoms with van der Waals surface area (Å²) in [6.45, 7) is -0.779. The fourth-order valence-electron chi connectivity index (χ4n) is 3.40. The van der Waals surface area contributed by atoms with Gasteiger partial charge in [0, 0.05) is 18.7 Å². The number of aromatic nitrogens is 2. The molecule has 1 aromatic heterocycles. The van der Waals surface area contributed by atoms with E-state index in [9.17, 15) is 32.8 Å². The van der Waals surface area contributed by atoms with Gasteiger partial charge in [-0.15, -0.1) is 0 Å². The van der Waals surface area contributed by atoms with E-state index in [4.69, 9.17) is 18.5 Å². The van der Waals surface area contributed by atoms with Gasteiger partial charge in [-0.1, -0.05) is 18.2 Å². The van der Waals surface area contributed by atoms with Crippen molar-refractivity contribution in [3.8, 4) is 5.75 Å². The minimum atomic E-state index is -4.36.